The van der Waals surface area contributed by atoms with Gasteiger partial charge in [-0.25, -0.2) is 9.97 Å². The molecule has 1 spiro atoms. The van der Waals surface area contributed by atoms with Gasteiger partial charge in [0.05, 0.1) is 17.5 Å². The average Bonchev–Trinajstić information content (AvgIpc) is 3.04. The number of ether oxygens (including phenoxy) is 1. The summed E-state index contributed by atoms with van der Waals surface area (Å²) in [7, 11) is 0. The summed E-state index contributed by atoms with van der Waals surface area (Å²) in [4.78, 5) is 26.2. The van der Waals surface area contributed by atoms with Gasteiger partial charge in [-0.3, -0.25) is 9.78 Å². The first-order chi connectivity index (χ1) is 11.7. The van der Waals surface area contributed by atoms with Gasteiger partial charge in [-0.1, -0.05) is 0 Å². The van der Waals surface area contributed by atoms with E-state index < -0.39 is 0 Å². The monoisotopic (exact) mass is 342 g/mol. The number of nitrogens with zero attached hydrogens (tertiary/aromatic N) is 4. The highest BCUT2D eigenvalue weighted by atomic mass is 32.2. The van der Waals surface area contributed by atoms with Crippen molar-refractivity contribution in [2.24, 2.45) is 0 Å². The molecule has 24 heavy (non-hydrogen) atoms. The van der Waals surface area contributed by atoms with Crippen molar-refractivity contribution in [3.05, 3.63) is 54.4 Å². The molecule has 6 nitrogen and oxygen atoms in total. The quantitative estimate of drug-likeness (QED) is 0.844. The largest absolute Gasteiger partial charge is 0.373 e. The summed E-state index contributed by atoms with van der Waals surface area (Å²) in [6.07, 6.45) is 8.00. The Kier molecular flexibility index (Phi) is 4.20. The van der Waals surface area contributed by atoms with Gasteiger partial charge in [0, 0.05) is 43.6 Å². The van der Waals surface area contributed by atoms with Crippen LogP contribution in [0.15, 0.2) is 43.0 Å². The number of thioether (sulfide) groups is 1. The van der Waals surface area contributed by atoms with Gasteiger partial charge in [-0.15, -0.1) is 11.8 Å². The molecule has 0 bridgehead atoms. The van der Waals surface area contributed by atoms with Crippen LogP contribution in [0, 0.1) is 0 Å². The molecule has 1 amide bonds. The van der Waals surface area contributed by atoms with Crippen molar-refractivity contribution in [1.29, 1.82) is 0 Å². The highest BCUT2D eigenvalue weighted by Crippen LogP contribution is 2.46. The van der Waals surface area contributed by atoms with Gasteiger partial charge in [0.2, 0.25) is 5.82 Å². The summed E-state index contributed by atoms with van der Waals surface area (Å²) < 4.78 is 6.17. The van der Waals surface area contributed by atoms with E-state index in [1.165, 1.54) is 0 Å². The van der Waals surface area contributed by atoms with Gasteiger partial charge < -0.3 is 9.64 Å². The molecule has 2 fully saturated rings. The number of rotatable bonds is 4. The highest BCUT2D eigenvalue weighted by molar-refractivity contribution is 8.01. The summed E-state index contributed by atoms with van der Waals surface area (Å²) in [6, 6.07) is 5.66. The molecule has 2 aliphatic heterocycles. The zero-order chi connectivity index (χ0) is 16.4. The number of hydrogen-bond acceptors (Lipinski definition) is 6. The van der Waals surface area contributed by atoms with Gasteiger partial charge >= 0.3 is 0 Å². The molecule has 1 atom stereocenters. The minimum atomic E-state index is -0.0806. The molecule has 0 radical (unpaired) electrons. The van der Waals surface area contributed by atoms with Crippen LogP contribution in [0.3, 0.4) is 0 Å². The molecule has 4 rings (SSSR count). The molecule has 2 saturated heterocycles. The Labute approximate surface area is 144 Å². The van der Waals surface area contributed by atoms with Crippen LogP contribution in [-0.2, 0) is 11.3 Å². The lowest BCUT2D eigenvalue weighted by Crippen LogP contribution is -2.61. The number of likely N-dealkylation sites (tertiary alicyclic amines) is 1. The Morgan fingerprint density at radius 2 is 2.00 bits per heavy atom. The van der Waals surface area contributed by atoms with E-state index in [0.717, 1.165) is 30.8 Å². The molecule has 2 aromatic heterocycles. The Morgan fingerprint density at radius 1 is 1.25 bits per heavy atom. The number of carbonyl (C=O) groups is 1. The molecule has 4 heterocycles. The Bertz CT molecular complexity index is 707. The van der Waals surface area contributed by atoms with Crippen molar-refractivity contribution in [2.75, 3.05) is 18.8 Å². The third-order valence-corrected chi connectivity index (χ3v) is 5.99. The summed E-state index contributed by atoms with van der Waals surface area (Å²) >= 11 is 1.92. The van der Waals surface area contributed by atoms with E-state index in [-0.39, 0.29) is 22.6 Å². The fourth-order valence-electron chi connectivity index (χ4n) is 3.17. The van der Waals surface area contributed by atoms with Gasteiger partial charge in [-0.05, 0) is 30.2 Å². The van der Waals surface area contributed by atoms with E-state index in [1.807, 2.05) is 28.8 Å². The standard InChI is InChI=1S/C17H18N4O2S/c22-16(15-19-4-1-5-20-15)21-11-17(12-21)8-14(10-24-17)23-9-13-2-6-18-7-3-13/h1-7,14H,8-12H2/t14-/m1/s1. The molecular formula is C17H18N4O2S. The molecule has 124 valence electrons. The van der Waals surface area contributed by atoms with Crippen molar-refractivity contribution >= 4 is 17.7 Å². The van der Waals surface area contributed by atoms with E-state index in [1.54, 1.807) is 30.9 Å². The lowest BCUT2D eigenvalue weighted by Gasteiger charge is -2.47. The first-order valence-electron chi connectivity index (χ1n) is 7.95. The third-order valence-electron chi connectivity index (χ3n) is 4.41. The molecule has 0 saturated carbocycles. The normalized spacial score (nSPS) is 21.7. The van der Waals surface area contributed by atoms with E-state index in [2.05, 4.69) is 15.0 Å². The number of aromatic nitrogens is 3. The third kappa shape index (κ3) is 3.14. The van der Waals surface area contributed by atoms with Crippen molar-refractivity contribution in [3.8, 4) is 0 Å². The second kappa shape index (κ2) is 6.49. The molecule has 0 unspecified atom stereocenters. The maximum Gasteiger partial charge on any atom is 0.291 e. The Hall–Kier alpha value is -1.99. The van der Waals surface area contributed by atoms with Crippen molar-refractivity contribution in [3.63, 3.8) is 0 Å². The number of amides is 1. The van der Waals surface area contributed by atoms with E-state index >= 15 is 0 Å². The van der Waals surface area contributed by atoms with Crippen LogP contribution in [-0.4, -0.2) is 55.5 Å². The maximum absolute atomic E-state index is 12.3. The Balaban J connectivity index is 1.28. The van der Waals surface area contributed by atoms with Gasteiger partial charge in [0.15, 0.2) is 0 Å². The molecule has 7 heteroatoms. The second-order valence-corrected chi connectivity index (χ2v) is 7.71. The van der Waals surface area contributed by atoms with Crippen molar-refractivity contribution in [2.45, 2.75) is 23.9 Å². The second-order valence-electron chi connectivity index (χ2n) is 6.22. The lowest BCUT2D eigenvalue weighted by atomic mass is 9.93. The number of carbonyl (C=O) groups excluding carboxylic acids is 1. The predicted molar refractivity (Wildman–Crippen MR) is 90.6 cm³/mol. The summed E-state index contributed by atoms with van der Waals surface area (Å²) in [6.45, 7) is 2.12. The predicted octanol–water partition coefficient (Wildman–Crippen LogP) is 1.79. The van der Waals surface area contributed by atoms with E-state index in [9.17, 15) is 4.79 Å². The van der Waals surface area contributed by atoms with Gasteiger partial charge in [0.1, 0.15) is 0 Å². The van der Waals surface area contributed by atoms with Crippen LogP contribution in [0.4, 0.5) is 0 Å². The fourth-order valence-corrected chi connectivity index (χ4v) is 4.72. The lowest BCUT2D eigenvalue weighted by molar-refractivity contribution is 0.0250. The van der Waals surface area contributed by atoms with E-state index in [0.29, 0.717) is 6.61 Å². The Morgan fingerprint density at radius 3 is 2.75 bits per heavy atom. The number of hydrogen-bond donors (Lipinski definition) is 0. The minimum absolute atomic E-state index is 0.0806. The summed E-state index contributed by atoms with van der Waals surface area (Å²) in [5.41, 5.74) is 1.14. The van der Waals surface area contributed by atoms with Crippen molar-refractivity contribution < 1.29 is 9.53 Å². The van der Waals surface area contributed by atoms with Crippen LogP contribution in [0.2, 0.25) is 0 Å². The molecule has 2 aromatic rings. The minimum Gasteiger partial charge on any atom is -0.373 e. The zero-order valence-corrected chi connectivity index (χ0v) is 14.0. The van der Waals surface area contributed by atoms with Crippen molar-refractivity contribution in [1.82, 2.24) is 19.9 Å². The fraction of sp³-hybridized carbons (Fsp3) is 0.412. The van der Waals surface area contributed by atoms with Gasteiger partial charge in [0.25, 0.3) is 5.91 Å². The topological polar surface area (TPSA) is 68.2 Å². The van der Waals surface area contributed by atoms with Crippen LogP contribution in [0.25, 0.3) is 0 Å². The molecule has 0 N–H and O–H groups in total. The maximum atomic E-state index is 12.3. The zero-order valence-electron chi connectivity index (χ0n) is 13.2. The molecule has 0 aliphatic carbocycles. The smallest absolute Gasteiger partial charge is 0.291 e. The molecular weight excluding hydrogens is 324 g/mol. The molecule has 2 aliphatic rings. The van der Waals surface area contributed by atoms with Crippen LogP contribution >= 0.6 is 11.8 Å². The van der Waals surface area contributed by atoms with Gasteiger partial charge in [-0.2, -0.15) is 0 Å². The van der Waals surface area contributed by atoms with Crippen LogP contribution in [0.1, 0.15) is 22.6 Å². The first kappa shape index (κ1) is 15.5. The first-order valence-corrected chi connectivity index (χ1v) is 8.93. The average molecular weight is 342 g/mol. The molecule has 0 aromatic carbocycles. The number of pyridine rings is 1. The van der Waals surface area contributed by atoms with E-state index in [4.69, 9.17) is 4.74 Å². The summed E-state index contributed by atoms with van der Waals surface area (Å²) in [5, 5.41) is 0. The van der Waals surface area contributed by atoms with Crippen LogP contribution in [0.5, 0.6) is 0 Å². The SMILES string of the molecule is O=C(c1ncccn1)N1CC2(C[C@@H](OCc3ccncc3)CS2)C1. The highest BCUT2D eigenvalue weighted by Gasteiger charge is 2.51. The summed E-state index contributed by atoms with van der Waals surface area (Å²) in [5.74, 6) is 1.18. The van der Waals surface area contributed by atoms with Crippen LogP contribution < -0.4 is 0 Å².